The summed E-state index contributed by atoms with van der Waals surface area (Å²) in [7, 11) is -3.05. The highest BCUT2D eigenvalue weighted by Crippen LogP contribution is 2.24. The first-order chi connectivity index (χ1) is 6.99. The maximum atomic E-state index is 11.8. The van der Waals surface area contributed by atoms with Crippen molar-refractivity contribution >= 4 is 21.2 Å². The van der Waals surface area contributed by atoms with Crippen molar-refractivity contribution in [1.29, 1.82) is 0 Å². The van der Waals surface area contributed by atoms with Crippen LogP contribution < -0.4 is 5.73 Å². The lowest BCUT2D eigenvalue weighted by Crippen LogP contribution is -2.32. The van der Waals surface area contributed by atoms with E-state index in [1.807, 2.05) is 24.4 Å². The summed E-state index contributed by atoms with van der Waals surface area (Å²) in [6.07, 6.45) is 0.643. The molecule has 0 aliphatic rings. The average Bonchev–Trinajstić information content (AvgIpc) is 2.68. The highest BCUT2D eigenvalue weighted by Gasteiger charge is 2.27. The standard InChI is InChI=1S/C10H17NO2S2/c1-3-7-15(12,13)8(2)10(11)9-5-4-6-14-9/h4-6,8,10H,3,7,11H2,1-2H3. The van der Waals surface area contributed by atoms with Crippen molar-refractivity contribution in [3.05, 3.63) is 22.4 Å². The molecule has 1 rings (SSSR count). The van der Waals surface area contributed by atoms with E-state index in [1.165, 1.54) is 11.3 Å². The summed E-state index contributed by atoms with van der Waals surface area (Å²) in [5.41, 5.74) is 5.93. The molecular formula is C10H17NO2S2. The van der Waals surface area contributed by atoms with Gasteiger partial charge in [-0.15, -0.1) is 11.3 Å². The van der Waals surface area contributed by atoms with Crippen LogP contribution >= 0.6 is 11.3 Å². The molecule has 2 unspecified atom stereocenters. The van der Waals surface area contributed by atoms with Crippen LogP contribution in [0.15, 0.2) is 17.5 Å². The Labute approximate surface area is 95.2 Å². The third kappa shape index (κ3) is 3.03. The number of thiophene rings is 1. The molecule has 2 N–H and O–H groups in total. The molecule has 0 saturated carbocycles. The van der Waals surface area contributed by atoms with Crippen molar-refractivity contribution in [2.24, 2.45) is 5.73 Å². The lowest BCUT2D eigenvalue weighted by Gasteiger charge is -2.18. The van der Waals surface area contributed by atoms with Gasteiger partial charge in [-0.05, 0) is 24.8 Å². The van der Waals surface area contributed by atoms with Crippen molar-refractivity contribution < 1.29 is 8.42 Å². The Hall–Kier alpha value is -0.390. The van der Waals surface area contributed by atoms with E-state index in [-0.39, 0.29) is 5.75 Å². The summed E-state index contributed by atoms with van der Waals surface area (Å²) >= 11 is 1.50. The third-order valence-corrected chi connectivity index (χ3v) is 5.81. The van der Waals surface area contributed by atoms with Crippen LogP contribution in [0.4, 0.5) is 0 Å². The molecule has 1 aromatic rings. The molecule has 0 aliphatic heterocycles. The number of hydrogen-bond acceptors (Lipinski definition) is 4. The van der Waals surface area contributed by atoms with E-state index < -0.39 is 21.1 Å². The van der Waals surface area contributed by atoms with Crippen LogP contribution in [0.5, 0.6) is 0 Å². The Balaban J connectivity index is 2.81. The molecule has 15 heavy (non-hydrogen) atoms. The van der Waals surface area contributed by atoms with Gasteiger partial charge in [0.15, 0.2) is 9.84 Å². The zero-order valence-corrected chi connectivity index (χ0v) is 10.6. The van der Waals surface area contributed by atoms with Gasteiger partial charge < -0.3 is 5.73 Å². The van der Waals surface area contributed by atoms with Crippen molar-refractivity contribution in [1.82, 2.24) is 0 Å². The molecule has 2 atom stereocenters. The Morgan fingerprint density at radius 1 is 1.53 bits per heavy atom. The molecule has 86 valence electrons. The summed E-state index contributed by atoms with van der Waals surface area (Å²) in [6, 6.07) is 3.37. The van der Waals surface area contributed by atoms with Crippen LogP contribution in [-0.4, -0.2) is 19.4 Å². The molecule has 3 nitrogen and oxygen atoms in total. The minimum atomic E-state index is -3.05. The van der Waals surface area contributed by atoms with Crippen molar-refractivity contribution in [2.45, 2.75) is 31.6 Å². The first-order valence-electron chi connectivity index (χ1n) is 4.99. The Kier molecular flexibility index (Phi) is 4.31. The molecule has 1 aromatic heterocycles. The van der Waals surface area contributed by atoms with E-state index in [0.717, 1.165) is 4.88 Å². The Morgan fingerprint density at radius 2 is 2.20 bits per heavy atom. The molecule has 0 amide bonds. The van der Waals surface area contributed by atoms with Crippen LogP contribution in [0, 0.1) is 0 Å². The van der Waals surface area contributed by atoms with Gasteiger partial charge in [-0.25, -0.2) is 8.42 Å². The summed E-state index contributed by atoms with van der Waals surface area (Å²) in [4.78, 5) is 0.933. The van der Waals surface area contributed by atoms with Crippen LogP contribution in [0.3, 0.4) is 0 Å². The zero-order chi connectivity index (χ0) is 11.5. The van der Waals surface area contributed by atoms with E-state index in [1.54, 1.807) is 6.92 Å². The molecule has 5 heteroatoms. The summed E-state index contributed by atoms with van der Waals surface area (Å²) < 4.78 is 23.6. The van der Waals surface area contributed by atoms with Gasteiger partial charge in [-0.1, -0.05) is 13.0 Å². The normalized spacial score (nSPS) is 16.2. The largest absolute Gasteiger partial charge is 0.322 e. The van der Waals surface area contributed by atoms with E-state index in [9.17, 15) is 8.42 Å². The van der Waals surface area contributed by atoms with Crippen LogP contribution in [0.1, 0.15) is 31.2 Å². The Bertz CT molecular complexity index is 384. The summed E-state index contributed by atoms with van der Waals surface area (Å²) in [6.45, 7) is 3.55. The van der Waals surface area contributed by atoms with Gasteiger partial charge in [-0.3, -0.25) is 0 Å². The third-order valence-electron chi connectivity index (χ3n) is 2.43. The van der Waals surface area contributed by atoms with Gasteiger partial charge in [0.1, 0.15) is 0 Å². The van der Waals surface area contributed by atoms with Crippen LogP contribution in [-0.2, 0) is 9.84 Å². The van der Waals surface area contributed by atoms with Crippen LogP contribution in [0.2, 0.25) is 0 Å². The smallest absolute Gasteiger partial charge is 0.154 e. The topological polar surface area (TPSA) is 60.2 Å². The predicted molar refractivity (Wildman–Crippen MR) is 64.8 cm³/mol. The fourth-order valence-electron chi connectivity index (χ4n) is 1.41. The molecule has 0 spiro atoms. The first-order valence-corrected chi connectivity index (χ1v) is 7.59. The minimum Gasteiger partial charge on any atom is -0.322 e. The van der Waals surface area contributed by atoms with Crippen LogP contribution in [0.25, 0.3) is 0 Å². The highest BCUT2D eigenvalue weighted by molar-refractivity contribution is 7.92. The van der Waals surface area contributed by atoms with E-state index >= 15 is 0 Å². The molecule has 1 heterocycles. The van der Waals surface area contributed by atoms with E-state index in [0.29, 0.717) is 6.42 Å². The fraction of sp³-hybridized carbons (Fsp3) is 0.600. The second-order valence-electron chi connectivity index (χ2n) is 3.61. The molecule has 0 fully saturated rings. The van der Waals surface area contributed by atoms with Crippen molar-refractivity contribution in [2.75, 3.05) is 5.75 Å². The van der Waals surface area contributed by atoms with Crippen molar-refractivity contribution in [3.8, 4) is 0 Å². The lowest BCUT2D eigenvalue weighted by molar-refractivity contribution is 0.565. The predicted octanol–water partition coefficient (Wildman–Crippen LogP) is 1.96. The van der Waals surface area contributed by atoms with E-state index in [2.05, 4.69) is 0 Å². The number of hydrogen-bond donors (Lipinski definition) is 1. The molecule has 0 bridgehead atoms. The Morgan fingerprint density at radius 3 is 2.67 bits per heavy atom. The minimum absolute atomic E-state index is 0.216. The quantitative estimate of drug-likeness (QED) is 0.865. The molecular weight excluding hydrogens is 230 g/mol. The van der Waals surface area contributed by atoms with Crippen molar-refractivity contribution in [3.63, 3.8) is 0 Å². The maximum absolute atomic E-state index is 11.8. The van der Waals surface area contributed by atoms with Gasteiger partial charge in [-0.2, -0.15) is 0 Å². The lowest BCUT2D eigenvalue weighted by atomic mass is 10.2. The molecule has 0 radical (unpaired) electrons. The average molecular weight is 247 g/mol. The highest BCUT2D eigenvalue weighted by atomic mass is 32.2. The fourth-order valence-corrected chi connectivity index (χ4v) is 3.86. The van der Waals surface area contributed by atoms with Gasteiger partial charge in [0.2, 0.25) is 0 Å². The molecule has 0 aromatic carbocycles. The second-order valence-corrected chi connectivity index (χ2v) is 7.07. The SMILES string of the molecule is CCCS(=O)(=O)C(C)C(N)c1cccs1. The molecule has 0 saturated heterocycles. The zero-order valence-electron chi connectivity index (χ0n) is 9.01. The maximum Gasteiger partial charge on any atom is 0.154 e. The number of sulfone groups is 1. The van der Waals surface area contributed by atoms with E-state index in [4.69, 9.17) is 5.73 Å². The van der Waals surface area contributed by atoms with Gasteiger partial charge >= 0.3 is 0 Å². The number of rotatable bonds is 5. The number of nitrogens with two attached hydrogens (primary N) is 1. The van der Waals surface area contributed by atoms with Gasteiger partial charge in [0, 0.05) is 4.88 Å². The summed E-state index contributed by atoms with van der Waals surface area (Å²) in [5.74, 6) is 0.216. The van der Waals surface area contributed by atoms with Gasteiger partial charge in [0.25, 0.3) is 0 Å². The second kappa shape index (κ2) is 5.09. The molecule has 0 aliphatic carbocycles. The first kappa shape index (κ1) is 12.7. The van der Waals surface area contributed by atoms with Gasteiger partial charge in [0.05, 0.1) is 17.0 Å². The monoisotopic (exact) mass is 247 g/mol. The summed E-state index contributed by atoms with van der Waals surface area (Å²) in [5, 5.41) is 1.41.